The number of hydrogen-bond acceptors (Lipinski definition) is 12. The van der Waals surface area contributed by atoms with Gasteiger partial charge in [-0.1, -0.05) is 6.92 Å². The molecule has 12 nitrogen and oxygen atoms in total. The summed E-state index contributed by atoms with van der Waals surface area (Å²) >= 11 is 0. The number of aliphatic hydroxyl groups excluding tert-OH is 2. The van der Waals surface area contributed by atoms with Crippen molar-refractivity contribution in [3.63, 3.8) is 0 Å². The number of aliphatic hydroxyl groups is 2. The minimum absolute atomic E-state index is 0.00558. The summed E-state index contributed by atoms with van der Waals surface area (Å²) in [6, 6.07) is 21.3. The van der Waals surface area contributed by atoms with Gasteiger partial charge in [-0.25, -0.2) is 4.79 Å². The fourth-order valence-corrected chi connectivity index (χ4v) is 3.00. The van der Waals surface area contributed by atoms with Gasteiger partial charge in [-0.2, -0.15) is 25.3 Å². The van der Waals surface area contributed by atoms with Gasteiger partial charge in [-0.3, -0.25) is 4.89 Å². The van der Waals surface area contributed by atoms with E-state index in [-0.39, 0.29) is 26.4 Å². The molecule has 0 amide bonds. The van der Waals surface area contributed by atoms with Gasteiger partial charge in [0.05, 0.1) is 36.0 Å². The molecule has 3 rings (SSSR count). The first-order valence-corrected chi connectivity index (χ1v) is 11.8. The van der Waals surface area contributed by atoms with Crippen LogP contribution >= 0.6 is 0 Å². The SMILES string of the molecule is CCC(=O)OOOCOc1ccc(N=Nc2ccc(N=Nc3ccc(N(CCO)CCO)cc3)cc2)cc1. The summed E-state index contributed by atoms with van der Waals surface area (Å²) in [5, 5.41) is 39.5. The lowest BCUT2D eigenvalue weighted by Gasteiger charge is -2.22. The standard InChI is InChI=1S/C26H29N5O7/c1-2-26(34)37-38-36-19-35-25-13-9-23(10-14-25)30-28-21-5-3-20(4-6-21)27-29-22-7-11-24(12-8-22)31(15-17-32)16-18-33/h3-14,32-33H,2,15-19H2,1H3. The Hall–Kier alpha value is -4.23. The van der Waals surface area contributed by atoms with E-state index in [9.17, 15) is 15.0 Å². The van der Waals surface area contributed by atoms with E-state index in [1.807, 2.05) is 29.2 Å². The molecule has 0 atom stereocenters. The van der Waals surface area contributed by atoms with Crippen LogP contribution < -0.4 is 9.64 Å². The van der Waals surface area contributed by atoms with Crippen LogP contribution in [-0.4, -0.2) is 49.3 Å². The maximum absolute atomic E-state index is 10.9. The minimum atomic E-state index is -0.552. The molecule has 0 spiro atoms. The lowest BCUT2D eigenvalue weighted by molar-refractivity contribution is -0.498. The molecule has 0 aromatic heterocycles. The Bertz CT molecular complexity index is 1160. The molecule has 12 heteroatoms. The summed E-state index contributed by atoms with van der Waals surface area (Å²) in [5.41, 5.74) is 3.49. The van der Waals surface area contributed by atoms with E-state index < -0.39 is 5.97 Å². The van der Waals surface area contributed by atoms with Gasteiger partial charge in [0.2, 0.25) is 6.79 Å². The van der Waals surface area contributed by atoms with Crippen LogP contribution in [0.5, 0.6) is 5.75 Å². The van der Waals surface area contributed by atoms with Gasteiger partial charge in [-0.05, 0) is 77.8 Å². The predicted octanol–water partition coefficient (Wildman–Crippen LogP) is 5.46. The smallest absolute Gasteiger partial charge is 0.345 e. The van der Waals surface area contributed by atoms with Crippen molar-refractivity contribution < 1.29 is 34.6 Å². The van der Waals surface area contributed by atoms with Crippen molar-refractivity contribution in [1.29, 1.82) is 0 Å². The molecule has 0 saturated carbocycles. The highest BCUT2D eigenvalue weighted by Gasteiger charge is 2.05. The number of carbonyl (C=O) groups excluding carboxylic acids is 1. The lowest BCUT2D eigenvalue weighted by Crippen LogP contribution is -2.29. The van der Waals surface area contributed by atoms with Gasteiger partial charge in [0.25, 0.3) is 0 Å². The van der Waals surface area contributed by atoms with Gasteiger partial charge in [-0.15, -0.1) is 0 Å². The molecule has 0 aliphatic carbocycles. The van der Waals surface area contributed by atoms with Crippen molar-refractivity contribution in [2.45, 2.75) is 13.3 Å². The van der Waals surface area contributed by atoms with Gasteiger partial charge in [0.1, 0.15) is 5.75 Å². The van der Waals surface area contributed by atoms with Crippen molar-refractivity contribution in [2.75, 3.05) is 38.0 Å². The third kappa shape index (κ3) is 9.67. The Morgan fingerprint density at radius 1 is 0.737 bits per heavy atom. The van der Waals surface area contributed by atoms with Crippen LogP contribution in [0.2, 0.25) is 0 Å². The van der Waals surface area contributed by atoms with Crippen LogP contribution in [0.4, 0.5) is 28.4 Å². The summed E-state index contributed by atoms with van der Waals surface area (Å²) in [7, 11) is 0. The molecule has 0 heterocycles. The second-order valence-electron chi connectivity index (χ2n) is 7.62. The number of azo groups is 2. The Labute approximate surface area is 219 Å². The maximum atomic E-state index is 10.9. The topological polar surface area (TPSA) is 147 Å². The van der Waals surface area contributed by atoms with E-state index in [0.29, 0.717) is 41.6 Å². The van der Waals surface area contributed by atoms with Crippen molar-refractivity contribution >= 4 is 34.4 Å². The number of ether oxygens (including phenoxy) is 1. The van der Waals surface area contributed by atoms with Crippen molar-refractivity contribution in [3.8, 4) is 5.75 Å². The minimum Gasteiger partial charge on any atom is -0.464 e. The molecular weight excluding hydrogens is 494 g/mol. The average Bonchev–Trinajstić information content (AvgIpc) is 2.96. The lowest BCUT2D eigenvalue weighted by atomic mass is 10.2. The van der Waals surface area contributed by atoms with Crippen molar-refractivity contribution in [2.24, 2.45) is 20.5 Å². The van der Waals surface area contributed by atoms with E-state index in [4.69, 9.17) is 4.74 Å². The fourth-order valence-electron chi connectivity index (χ4n) is 3.00. The first-order chi connectivity index (χ1) is 18.6. The molecule has 3 aromatic rings. The third-order valence-corrected chi connectivity index (χ3v) is 4.94. The molecule has 0 radical (unpaired) electrons. The highest BCUT2D eigenvalue weighted by Crippen LogP contribution is 2.25. The molecule has 200 valence electrons. The number of benzene rings is 3. The highest BCUT2D eigenvalue weighted by atomic mass is 17.5. The quantitative estimate of drug-likeness (QED) is 0.0877. The number of anilines is 1. The molecule has 0 fully saturated rings. The predicted molar refractivity (Wildman–Crippen MR) is 138 cm³/mol. The molecule has 3 aromatic carbocycles. The zero-order valence-electron chi connectivity index (χ0n) is 20.8. The number of carbonyl (C=O) groups is 1. The second-order valence-corrected chi connectivity index (χ2v) is 7.62. The zero-order chi connectivity index (χ0) is 27.0. The van der Waals surface area contributed by atoms with Crippen LogP contribution in [0.25, 0.3) is 0 Å². The van der Waals surface area contributed by atoms with Gasteiger partial charge in [0.15, 0.2) is 0 Å². The summed E-state index contributed by atoms with van der Waals surface area (Å²) in [6.45, 7) is 2.26. The molecule has 2 N–H and O–H groups in total. The Kier molecular flexibility index (Phi) is 11.8. The van der Waals surface area contributed by atoms with E-state index in [0.717, 1.165) is 5.69 Å². The van der Waals surface area contributed by atoms with Crippen LogP contribution in [0.1, 0.15) is 13.3 Å². The van der Waals surface area contributed by atoms with Crippen molar-refractivity contribution in [3.05, 3.63) is 72.8 Å². The highest BCUT2D eigenvalue weighted by molar-refractivity contribution is 5.68. The zero-order valence-corrected chi connectivity index (χ0v) is 20.8. The summed E-state index contributed by atoms with van der Waals surface area (Å²) in [4.78, 5) is 21.7. The normalized spacial score (nSPS) is 11.2. The molecule has 38 heavy (non-hydrogen) atoms. The second kappa shape index (κ2) is 15.8. The van der Waals surface area contributed by atoms with Crippen molar-refractivity contribution in [1.82, 2.24) is 0 Å². The Morgan fingerprint density at radius 2 is 1.18 bits per heavy atom. The number of nitrogens with zero attached hydrogens (tertiary/aromatic N) is 5. The van der Waals surface area contributed by atoms with E-state index in [1.54, 1.807) is 55.5 Å². The van der Waals surface area contributed by atoms with Gasteiger partial charge in [0, 0.05) is 25.2 Å². The Morgan fingerprint density at radius 3 is 1.63 bits per heavy atom. The first kappa shape index (κ1) is 28.3. The number of rotatable bonds is 15. The van der Waals surface area contributed by atoms with Gasteiger partial charge >= 0.3 is 5.97 Å². The fraction of sp³-hybridized carbons (Fsp3) is 0.269. The van der Waals surface area contributed by atoms with Crippen LogP contribution in [0.3, 0.4) is 0 Å². The molecule has 0 saturated heterocycles. The van der Waals surface area contributed by atoms with E-state index in [2.05, 4.69) is 35.3 Å². The monoisotopic (exact) mass is 523 g/mol. The molecule has 0 bridgehead atoms. The molecule has 0 aliphatic rings. The molecule has 0 unspecified atom stereocenters. The molecular formula is C26H29N5O7. The first-order valence-electron chi connectivity index (χ1n) is 11.8. The van der Waals surface area contributed by atoms with Crippen LogP contribution in [0.15, 0.2) is 93.3 Å². The number of hydrogen-bond donors (Lipinski definition) is 2. The van der Waals surface area contributed by atoms with E-state index in [1.165, 1.54) is 0 Å². The van der Waals surface area contributed by atoms with E-state index >= 15 is 0 Å². The summed E-state index contributed by atoms with van der Waals surface area (Å²) < 4.78 is 5.29. The molecule has 0 aliphatic heterocycles. The summed E-state index contributed by atoms with van der Waals surface area (Å²) in [6.07, 6.45) is 0.172. The summed E-state index contributed by atoms with van der Waals surface area (Å²) in [5.74, 6) is -0.0466. The maximum Gasteiger partial charge on any atom is 0.345 e. The Balaban J connectivity index is 1.47. The van der Waals surface area contributed by atoms with Gasteiger partial charge < -0.3 is 19.8 Å². The largest absolute Gasteiger partial charge is 0.464 e. The van der Waals surface area contributed by atoms with Crippen LogP contribution in [-0.2, 0) is 19.6 Å². The third-order valence-electron chi connectivity index (χ3n) is 4.94. The average molecular weight is 524 g/mol. The van der Waals surface area contributed by atoms with Crippen LogP contribution in [0, 0.1) is 0 Å².